The fourth-order valence-corrected chi connectivity index (χ4v) is 0.948. The van der Waals surface area contributed by atoms with E-state index in [1.165, 1.54) is 30.5 Å². The summed E-state index contributed by atoms with van der Waals surface area (Å²) < 4.78 is 0. The van der Waals surface area contributed by atoms with E-state index in [1.54, 1.807) is 0 Å². The Hall–Kier alpha value is -1.95. The highest BCUT2D eigenvalue weighted by Crippen LogP contribution is 2.20. The Balaban J connectivity index is 2.90. The topological polar surface area (TPSA) is 81.8 Å². The van der Waals surface area contributed by atoms with Crippen molar-refractivity contribution < 1.29 is 4.92 Å². The molecule has 0 saturated heterocycles. The number of hydrogen-bond acceptors (Lipinski definition) is 5. The lowest BCUT2D eigenvalue weighted by molar-refractivity contribution is -0.384. The van der Waals surface area contributed by atoms with Crippen LogP contribution in [0, 0.1) is 15.3 Å². The van der Waals surface area contributed by atoms with Crippen molar-refractivity contribution in [3.63, 3.8) is 0 Å². The van der Waals surface area contributed by atoms with Crippen molar-refractivity contribution in [1.82, 2.24) is 0 Å². The van der Waals surface area contributed by atoms with Gasteiger partial charge in [-0.15, -0.1) is 0 Å². The van der Waals surface area contributed by atoms with E-state index in [0.717, 1.165) is 0 Å². The minimum absolute atomic E-state index is 0.125. The van der Waals surface area contributed by atoms with Gasteiger partial charge in [-0.05, 0) is 12.5 Å². The Kier molecular flexibility index (Phi) is 3.75. The molecule has 1 aromatic rings. The smallest absolute Gasteiger partial charge is 0.271 e. The van der Waals surface area contributed by atoms with Gasteiger partial charge in [0, 0.05) is 18.3 Å². The van der Waals surface area contributed by atoms with Crippen molar-refractivity contribution in [1.29, 1.82) is 0 Å². The Morgan fingerprint density at radius 3 is 2.93 bits per heavy atom. The van der Waals surface area contributed by atoms with Crippen molar-refractivity contribution >= 4 is 17.6 Å². The SMILES string of the molecule is CCC=NN([O-])c1cccc([N+](=O)[O-])c1. The Labute approximate surface area is 86.6 Å². The van der Waals surface area contributed by atoms with Gasteiger partial charge < -0.3 is 10.4 Å². The van der Waals surface area contributed by atoms with E-state index in [1.807, 2.05) is 6.92 Å². The maximum absolute atomic E-state index is 11.3. The molecule has 0 radical (unpaired) electrons. The summed E-state index contributed by atoms with van der Waals surface area (Å²) >= 11 is 0. The second-order valence-electron chi connectivity index (χ2n) is 2.76. The summed E-state index contributed by atoms with van der Waals surface area (Å²) in [4.78, 5) is 9.88. The Bertz CT molecular complexity index is 379. The highest BCUT2D eigenvalue weighted by Gasteiger charge is 2.05. The molecule has 0 aromatic heterocycles. The largest absolute Gasteiger partial charge is 0.737 e. The number of nitro benzene ring substituents is 1. The summed E-state index contributed by atoms with van der Waals surface area (Å²) in [5.41, 5.74) is 0.0222. The quantitative estimate of drug-likeness (QED) is 0.431. The number of rotatable bonds is 4. The second kappa shape index (κ2) is 5.06. The van der Waals surface area contributed by atoms with Gasteiger partial charge in [-0.1, -0.05) is 13.0 Å². The first-order valence-electron chi connectivity index (χ1n) is 4.39. The van der Waals surface area contributed by atoms with Crippen LogP contribution in [-0.2, 0) is 0 Å². The van der Waals surface area contributed by atoms with E-state index in [4.69, 9.17) is 0 Å². The van der Waals surface area contributed by atoms with Crippen LogP contribution < -0.4 is 5.17 Å². The van der Waals surface area contributed by atoms with Crippen LogP contribution in [0.25, 0.3) is 0 Å². The molecule has 0 heterocycles. The summed E-state index contributed by atoms with van der Waals surface area (Å²) in [5, 5.41) is 25.6. The van der Waals surface area contributed by atoms with Crippen LogP contribution in [0.5, 0.6) is 0 Å². The number of nitrogens with zero attached hydrogens (tertiary/aromatic N) is 3. The van der Waals surface area contributed by atoms with E-state index in [9.17, 15) is 15.3 Å². The number of non-ortho nitro benzene ring substituents is 1. The molecule has 0 atom stereocenters. The van der Waals surface area contributed by atoms with Crippen LogP contribution in [-0.4, -0.2) is 11.1 Å². The van der Waals surface area contributed by atoms with Crippen molar-refractivity contribution in [2.24, 2.45) is 5.10 Å². The van der Waals surface area contributed by atoms with E-state index in [0.29, 0.717) is 11.6 Å². The molecule has 0 fully saturated rings. The predicted octanol–water partition coefficient (Wildman–Crippen LogP) is 2.29. The molecule has 0 spiro atoms. The average molecular weight is 208 g/mol. The Morgan fingerprint density at radius 2 is 2.33 bits per heavy atom. The maximum Gasteiger partial charge on any atom is 0.271 e. The molecule has 1 aromatic carbocycles. The third kappa shape index (κ3) is 3.03. The van der Waals surface area contributed by atoms with Crippen molar-refractivity contribution in [2.45, 2.75) is 13.3 Å². The van der Waals surface area contributed by atoms with Crippen LogP contribution in [0.15, 0.2) is 29.4 Å². The van der Waals surface area contributed by atoms with Crippen molar-refractivity contribution in [3.05, 3.63) is 39.6 Å². The molecule has 0 N–H and O–H groups in total. The molecule has 80 valence electrons. The molecule has 0 aliphatic heterocycles. The summed E-state index contributed by atoms with van der Waals surface area (Å²) in [5.74, 6) is 0. The minimum Gasteiger partial charge on any atom is -0.737 e. The van der Waals surface area contributed by atoms with Crippen LogP contribution in [0.2, 0.25) is 0 Å². The fraction of sp³-hybridized carbons (Fsp3) is 0.222. The predicted molar refractivity (Wildman–Crippen MR) is 57.7 cm³/mol. The van der Waals surface area contributed by atoms with E-state index < -0.39 is 4.92 Å². The van der Waals surface area contributed by atoms with Gasteiger partial charge in [0.15, 0.2) is 0 Å². The number of benzene rings is 1. The van der Waals surface area contributed by atoms with Crippen LogP contribution in [0.1, 0.15) is 13.3 Å². The molecule has 6 heteroatoms. The summed E-state index contributed by atoms with van der Waals surface area (Å²) in [6, 6.07) is 5.41. The first-order chi connectivity index (χ1) is 7.15. The van der Waals surface area contributed by atoms with Crippen LogP contribution >= 0.6 is 0 Å². The van der Waals surface area contributed by atoms with Gasteiger partial charge in [0.1, 0.15) is 0 Å². The van der Waals surface area contributed by atoms with Gasteiger partial charge in [0.05, 0.1) is 10.6 Å². The number of anilines is 1. The molecule has 0 amide bonds. The maximum atomic E-state index is 11.3. The monoisotopic (exact) mass is 208 g/mol. The normalized spacial score (nSPS) is 10.5. The lowest BCUT2D eigenvalue weighted by Gasteiger charge is -2.23. The van der Waals surface area contributed by atoms with Crippen molar-refractivity contribution in [2.75, 3.05) is 5.17 Å². The van der Waals surface area contributed by atoms with Gasteiger partial charge in [-0.25, -0.2) is 0 Å². The molecule has 0 aliphatic rings. The van der Waals surface area contributed by atoms with Crippen LogP contribution in [0.4, 0.5) is 11.4 Å². The molecule has 0 bridgehead atoms. The van der Waals surface area contributed by atoms with Crippen LogP contribution in [0.3, 0.4) is 0 Å². The van der Waals surface area contributed by atoms with Crippen molar-refractivity contribution in [3.8, 4) is 0 Å². The zero-order chi connectivity index (χ0) is 11.3. The van der Waals surface area contributed by atoms with Gasteiger partial charge in [-0.3, -0.25) is 10.1 Å². The zero-order valence-corrected chi connectivity index (χ0v) is 8.16. The molecule has 6 nitrogen and oxygen atoms in total. The Morgan fingerprint density at radius 1 is 1.60 bits per heavy atom. The number of nitro groups is 1. The highest BCUT2D eigenvalue weighted by atomic mass is 16.6. The number of hydrogen-bond donors (Lipinski definition) is 0. The minimum atomic E-state index is -0.555. The molecule has 15 heavy (non-hydrogen) atoms. The van der Waals surface area contributed by atoms with Gasteiger partial charge in [0.2, 0.25) is 0 Å². The van der Waals surface area contributed by atoms with E-state index in [-0.39, 0.29) is 11.4 Å². The second-order valence-corrected chi connectivity index (χ2v) is 2.76. The third-order valence-corrected chi connectivity index (χ3v) is 1.63. The lowest BCUT2D eigenvalue weighted by atomic mass is 10.3. The van der Waals surface area contributed by atoms with E-state index >= 15 is 0 Å². The molecule has 0 unspecified atom stereocenters. The van der Waals surface area contributed by atoms with E-state index in [2.05, 4.69) is 5.10 Å². The lowest BCUT2D eigenvalue weighted by Crippen LogP contribution is -2.06. The van der Waals surface area contributed by atoms with Gasteiger partial charge in [0.25, 0.3) is 5.69 Å². The third-order valence-electron chi connectivity index (χ3n) is 1.63. The molecule has 0 saturated carbocycles. The fourth-order valence-electron chi connectivity index (χ4n) is 0.948. The standard InChI is InChI=1S/C9H10N3O3/c1-2-6-10-11(13)8-4-3-5-9(7-8)12(14)15/h3-7H,2H2,1H3/q-1. The van der Waals surface area contributed by atoms with Gasteiger partial charge >= 0.3 is 0 Å². The summed E-state index contributed by atoms with van der Waals surface area (Å²) in [6.07, 6.45) is 2.07. The summed E-state index contributed by atoms with van der Waals surface area (Å²) in [7, 11) is 0. The molecule has 1 rings (SSSR count). The first-order valence-corrected chi connectivity index (χ1v) is 4.39. The number of hydrazone groups is 1. The summed E-state index contributed by atoms with van der Waals surface area (Å²) in [6.45, 7) is 1.84. The zero-order valence-electron chi connectivity index (χ0n) is 8.16. The molecular weight excluding hydrogens is 198 g/mol. The average Bonchev–Trinajstić information content (AvgIpc) is 2.26. The molecule has 0 aliphatic carbocycles. The molecular formula is C9H10N3O3-. The highest BCUT2D eigenvalue weighted by molar-refractivity contribution is 5.61. The first kappa shape index (κ1) is 11.1. The van der Waals surface area contributed by atoms with Gasteiger partial charge in [-0.2, -0.15) is 5.10 Å².